The van der Waals surface area contributed by atoms with Crippen molar-refractivity contribution in [3.63, 3.8) is 0 Å². The molecule has 1 atom stereocenters. The number of piperidine rings is 1. The summed E-state index contributed by atoms with van der Waals surface area (Å²) >= 11 is 0. The Bertz CT molecular complexity index is 812. The lowest BCUT2D eigenvalue weighted by molar-refractivity contribution is -0.138. The van der Waals surface area contributed by atoms with Gasteiger partial charge >= 0.3 is 6.18 Å². The number of alkyl halides is 3. The molecule has 0 radical (unpaired) electrons. The van der Waals surface area contributed by atoms with E-state index in [1.54, 1.807) is 30.3 Å². The van der Waals surface area contributed by atoms with Gasteiger partial charge in [-0.1, -0.05) is 42.5 Å². The van der Waals surface area contributed by atoms with Gasteiger partial charge in [0.05, 0.1) is 5.56 Å². The Hall–Kier alpha value is -2.18. The van der Waals surface area contributed by atoms with Crippen molar-refractivity contribution in [1.82, 2.24) is 4.90 Å². The Kier molecular flexibility index (Phi) is 6.20. The topological polar surface area (TPSA) is 40.5 Å². The Labute approximate surface area is 162 Å². The van der Waals surface area contributed by atoms with Crippen LogP contribution >= 0.6 is 0 Å². The van der Waals surface area contributed by atoms with Crippen molar-refractivity contribution >= 4 is 5.78 Å². The van der Waals surface area contributed by atoms with Crippen molar-refractivity contribution in [3.8, 4) is 0 Å². The van der Waals surface area contributed by atoms with E-state index in [1.165, 1.54) is 12.1 Å². The summed E-state index contributed by atoms with van der Waals surface area (Å²) in [5.41, 5.74) is -0.336. The van der Waals surface area contributed by atoms with Crippen molar-refractivity contribution in [2.75, 3.05) is 20.1 Å². The van der Waals surface area contributed by atoms with Gasteiger partial charge in [-0.15, -0.1) is 0 Å². The normalized spacial score (nSPS) is 17.5. The summed E-state index contributed by atoms with van der Waals surface area (Å²) in [6.45, 7) is 1.76. The minimum atomic E-state index is -4.55. The average Bonchev–Trinajstić information content (AvgIpc) is 2.69. The van der Waals surface area contributed by atoms with Crippen molar-refractivity contribution in [3.05, 3.63) is 70.8 Å². The van der Waals surface area contributed by atoms with Gasteiger partial charge in [0.25, 0.3) is 0 Å². The zero-order valence-corrected chi connectivity index (χ0v) is 15.7. The molecule has 2 aromatic carbocycles. The lowest BCUT2D eigenvalue weighted by Crippen LogP contribution is -2.31. The number of likely N-dealkylation sites (tertiary alicyclic amines) is 1. The summed E-state index contributed by atoms with van der Waals surface area (Å²) in [5, 5.41) is 10.3. The Balaban J connectivity index is 1.85. The number of halogens is 3. The van der Waals surface area contributed by atoms with Crippen LogP contribution in [0, 0.1) is 5.92 Å². The zero-order chi connectivity index (χ0) is 20.3. The van der Waals surface area contributed by atoms with E-state index >= 15 is 0 Å². The average molecular weight is 391 g/mol. The second kappa shape index (κ2) is 8.45. The second-order valence-corrected chi connectivity index (χ2v) is 7.50. The second-order valence-electron chi connectivity index (χ2n) is 7.50. The number of nitrogens with zero attached hydrogens (tertiary/aromatic N) is 1. The molecule has 0 aromatic heterocycles. The Morgan fingerprint density at radius 2 is 1.79 bits per heavy atom. The first-order valence-electron chi connectivity index (χ1n) is 9.41. The van der Waals surface area contributed by atoms with Crippen molar-refractivity contribution in [2.24, 2.45) is 5.92 Å². The molecule has 0 bridgehead atoms. The zero-order valence-electron chi connectivity index (χ0n) is 15.7. The molecule has 0 saturated carbocycles. The van der Waals surface area contributed by atoms with Gasteiger partial charge in [-0.05, 0) is 62.5 Å². The summed E-state index contributed by atoms with van der Waals surface area (Å²) in [5.74, 6) is -0.531. The fourth-order valence-electron chi connectivity index (χ4n) is 3.69. The fraction of sp³-hybridized carbons (Fsp3) is 0.409. The highest BCUT2D eigenvalue weighted by molar-refractivity contribution is 6.00. The first-order valence-corrected chi connectivity index (χ1v) is 9.41. The highest BCUT2D eigenvalue weighted by Gasteiger charge is 2.35. The van der Waals surface area contributed by atoms with Crippen LogP contribution in [0.25, 0.3) is 0 Å². The summed E-state index contributed by atoms with van der Waals surface area (Å²) in [6.07, 6.45) is -3.96. The molecule has 1 heterocycles. The van der Waals surface area contributed by atoms with Gasteiger partial charge in [-0.2, -0.15) is 13.2 Å². The number of carbonyl (C=O) groups excluding carboxylic acids is 1. The largest absolute Gasteiger partial charge is 0.416 e. The lowest BCUT2D eigenvalue weighted by atomic mass is 9.87. The molecule has 28 heavy (non-hydrogen) atoms. The van der Waals surface area contributed by atoms with Crippen LogP contribution in [-0.2, 0) is 12.6 Å². The molecule has 1 aliphatic rings. The molecule has 1 saturated heterocycles. The number of hydrogen-bond acceptors (Lipinski definition) is 3. The van der Waals surface area contributed by atoms with Gasteiger partial charge in [0.1, 0.15) is 6.10 Å². The van der Waals surface area contributed by atoms with E-state index in [1.807, 2.05) is 7.05 Å². The van der Waals surface area contributed by atoms with E-state index in [0.717, 1.165) is 32.0 Å². The van der Waals surface area contributed by atoms with Gasteiger partial charge in [0.2, 0.25) is 0 Å². The molecule has 0 spiro atoms. The Morgan fingerprint density at radius 3 is 2.39 bits per heavy atom. The highest BCUT2D eigenvalue weighted by Crippen LogP contribution is 2.35. The first-order chi connectivity index (χ1) is 13.3. The molecular formula is C22H24F3NO2. The van der Waals surface area contributed by atoms with E-state index in [-0.39, 0.29) is 17.0 Å². The number of benzene rings is 2. The van der Waals surface area contributed by atoms with Crippen LogP contribution in [0.2, 0.25) is 0 Å². The molecule has 1 fully saturated rings. The van der Waals surface area contributed by atoms with Gasteiger partial charge in [0.15, 0.2) is 5.78 Å². The quantitative estimate of drug-likeness (QED) is 0.763. The van der Waals surface area contributed by atoms with Crippen LogP contribution in [0.15, 0.2) is 48.5 Å². The molecule has 3 rings (SSSR count). The molecule has 1 unspecified atom stereocenters. The molecule has 1 N–H and O–H groups in total. The predicted molar refractivity (Wildman–Crippen MR) is 101 cm³/mol. The third kappa shape index (κ3) is 4.80. The number of carbonyl (C=O) groups is 1. The molecule has 2 aromatic rings. The van der Waals surface area contributed by atoms with Crippen LogP contribution in [-0.4, -0.2) is 35.9 Å². The van der Waals surface area contributed by atoms with E-state index in [9.17, 15) is 23.1 Å². The smallest absolute Gasteiger partial charge is 0.380 e. The maximum atomic E-state index is 13.7. The maximum Gasteiger partial charge on any atom is 0.416 e. The van der Waals surface area contributed by atoms with Gasteiger partial charge < -0.3 is 10.0 Å². The van der Waals surface area contributed by atoms with Crippen LogP contribution in [0.3, 0.4) is 0 Å². The number of hydrogen-bond donors (Lipinski definition) is 1. The third-order valence-corrected chi connectivity index (χ3v) is 5.41. The number of aliphatic hydroxyl groups is 1. The lowest BCUT2D eigenvalue weighted by Gasteiger charge is -2.29. The van der Waals surface area contributed by atoms with Crippen molar-refractivity contribution < 1.29 is 23.1 Å². The van der Waals surface area contributed by atoms with Crippen molar-refractivity contribution in [2.45, 2.75) is 31.5 Å². The Morgan fingerprint density at radius 1 is 1.14 bits per heavy atom. The maximum absolute atomic E-state index is 13.7. The van der Waals surface area contributed by atoms with E-state index < -0.39 is 23.6 Å². The van der Waals surface area contributed by atoms with Gasteiger partial charge in [-0.25, -0.2) is 0 Å². The first kappa shape index (κ1) is 20.6. The summed E-state index contributed by atoms with van der Waals surface area (Å²) < 4.78 is 41.0. The standard InChI is InChI=1S/C22H24F3NO2/c1-26-11-9-15(10-12-26)13-17-7-8-18(14-19(17)22(23,24)25)21(28)20(27)16-5-3-2-4-6-16/h2-8,14-15,20,27H,9-13H2,1H3. The molecule has 0 amide bonds. The molecule has 150 valence electrons. The molecule has 6 heteroatoms. The molecular weight excluding hydrogens is 367 g/mol. The summed E-state index contributed by atoms with van der Waals surface area (Å²) in [7, 11) is 2.01. The number of ketones is 1. The third-order valence-electron chi connectivity index (χ3n) is 5.41. The van der Waals surface area contributed by atoms with Crippen LogP contribution in [0.4, 0.5) is 13.2 Å². The highest BCUT2D eigenvalue weighted by atomic mass is 19.4. The molecule has 1 aliphatic heterocycles. The number of Topliss-reactive ketones (excluding diaryl/α,β-unsaturated/α-hetero) is 1. The van der Waals surface area contributed by atoms with E-state index in [2.05, 4.69) is 4.90 Å². The monoisotopic (exact) mass is 391 g/mol. The van der Waals surface area contributed by atoms with Crippen LogP contribution in [0.5, 0.6) is 0 Å². The minimum Gasteiger partial charge on any atom is -0.380 e. The van der Waals surface area contributed by atoms with Gasteiger partial charge in [-0.3, -0.25) is 4.79 Å². The summed E-state index contributed by atoms with van der Waals surface area (Å²) in [6, 6.07) is 11.9. The van der Waals surface area contributed by atoms with Crippen molar-refractivity contribution in [1.29, 1.82) is 0 Å². The minimum absolute atomic E-state index is 0.129. The molecule has 3 nitrogen and oxygen atoms in total. The summed E-state index contributed by atoms with van der Waals surface area (Å²) in [4.78, 5) is 14.7. The SMILES string of the molecule is CN1CCC(Cc2ccc(C(=O)C(O)c3ccccc3)cc2C(F)(F)F)CC1. The number of rotatable bonds is 5. The predicted octanol–water partition coefficient (Wildman–Crippen LogP) is 4.51. The van der Waals surface area contributed by atoms with Crippen LogP contribution in [0.1, 0.15) is 46.0 Å². The fourth-order valence-corrected chi connectivity index (χ4v) is 3.69. The number of aliphatic hydroxyl groups excluding tert-OH is 1. The molecule has 0 aliphatic carbocycles. The van der Waals surface area contributed by atoms with E-state index in [0.29, 0.717) is 12.0 Å². The van der Waals surface area contributed by atoms with Gasteiger partial charge in [0, 0.05) is 5.56 Å². The van der Waals surface area contributed by atoms with Crippen LogP contribution < -0.4 is 0 Å². The van der Waals surface area contributed by atoms with E-state index in [4.69, 9.17) is 0 Å².